The van der Waals surface area contributed by atoms with Gasteiger partial charge in [-0.05, 0) is 51.4 Å². The third-order valence-electron chi connectivity index (χ3n) is 3.71. The molecule has 0 spiro atoms. The second-order valence-corrected chi connectivity index (χ2v) is 5.83. The Morgan fingerprint density at radius 1 is 0.619 bits per heavy atom. The molecule has 0 N–H and O–H groups in total. The second kappa shape index (κ2) is 19.0. The number of unbranched alkanes of at least 4 members (excludes halogenated alkanes) is 11. The quantitative estimate of drug-likeness (QED) is 0.233. The summed E-state index contributed by atoms with van der Waals surface area (Å²) < 4.78 is 0. The van der Waals surface area contributed by atoms with Crippen molar-refractivity contribution < 1.29 is 0 Å². The van der Waals surface area contributed by atoms with Crippen LogP contribution < -0.4 is 0 Å². The van der Waals surface area contributed by atoms with Crippen LogP contribution in [0.15, 0.2) is 24.3 Å². The highest BCUT2D eigenvalue weighted by Gasteiger charge is 1.88. The molecule has 0 saturated carbocycles. The Bertz CT molecular complexity index is 283. The van der Waals surface area contributed by atoms with E-state index in [4.69, 9.17) is 5.26 Å². The van der Waals surface area contributed by atoms with E-state index in [0.717, 1.165) is 19.3 Å². The van der Waals surface area contributed by atoms with E-state index in [1.807, 2.05) is 0 Å². The predicted molar refractivity (Wildman–Crippen MR) is 94.2 cm³/mol. The molecule has 0 amide bonds. The fraction of sp³-hybridized carbons (Fsp3) is 0.750. The van der Waals surface area contributed by atoms with Gasteiger partial charge in [-0.15, -0.1) is 0 Å². The zero-order valence-electron chi connectivity index (χ0n) is 14.2. The minimum Gasteiger partial charge on any atom is -0.198 e. The Morgan fingerprint density at radius 3 is 1.67 bits per heavy atom. The van der Waals surface area contributed by atoms with Crippen LogP contribution in [0.3, 0.4) is 0 Å². The molecule has 0 saturated heterocycles. The van der Waals surface area contributed by atoms with E-state index in [1.54, 1.807) is 0 Å². The number of hydrogen-bond acceptors (Lipinski definition) is 1. The second-order valence-electron chi connectivity index (χ2n) is 5.83. The zero-order chi connectivity index (χ0) is 15.4. The molecule has 0 aliphatic carbocycles. The summed E-state index contributed by atoms with van der Waals surface area (Å²) in [7, 11) is 0. The minimum atomic E-state index is 0.706. The molecule has 0 fully saturated rings. The highest BCUT2D eigenvalue weighted by molar-refractivity contribution is 4.85. The molecule has 1 nitrogen and oxygen atoms in total. The number of nitriles is 1. The van der Waals surface area contributed by atoms with Crippen LogP contribution in [0.2, 0.25) is 0 Å². The molecule has 0 rings (SSSR count). The molecule has 0 aliphatic rings. The average molecular weight is 290 g/mol. The maximum absolute atomic E-state index is 8.42. The maximum Gasteiger partial charge on any atom is 0.0621 e. The lowest BCUT2D eigenvalue weighted by Gasteiger charge is -1.97. The van der Waals surface area contributed by atoms with Crippen LogP contribution in [0.4, 0.5) is 0 Å². The molecular formula is C20H35N. The van der Waals surface area contributed by atoms with Crippen molar-refractivity contribution in [3.63, 3.8) is 0 Å². The number of hydrogen-bond donors (Lipinski definition) is 0. The van der Waals surface area contributed by atoms with E-state index in [9.17, 15) is 0 Å². The highest BCUT2D eigenvalue weighted by Crippen LogP contribution is 2.08. The van der Waals surface area contributed by atoms with Crippen molar-refractivity contribution in [3.8, 4) is 6.07 Å². The fourth-order valence-electron chi connectivity index (χ4n) is 2.33. The molecule has 120 valence electrons. The molecule has 0 aromatic rings. The van der Waals surface area contributed by atoms with Crippen molar-refractivity contribution in [2.24, 2.45) is 0 Å². The largest absolute Gasteiger partial charge is 0.198 e. The van der Waals surface area contributed by atoms with Crippen molar-refractivity contribution in [2.45, 2.75) is 96.8 Å². The first kappa shape index (κ1) is 20.0. The summed E-state index contributed by atoms with van der Waals surface area (Å²) in [5.74, 6) is 0. The lowest BCUT2D eigenvalue weighted by molar-refractivity contribution is 0.611. The van der Waals surface area contributed by atoms with Gasteiger partial charge in [-0.25, -0.2) is 0 Å². The molecule has 0 atom stereocenters. The van der Waals surface area contributed by atoms with Gasteiger partial charge in [0.05, 0.1) is 6.07 Å². The van der Waals surface area contributed by atoms with Gasteiger partial charge in [-0.1, -0.05) is 63.3 Å². The van der Waals surface area contributed by atoms with Gasteiger partial charge in [-0.3, -0.25) is 0 Å². The van der Waals surface area contributed by atoms with E-state index in [0.29, 0.717) is 6.42 Å². The third kappa shape index (κ3) is 19.0. The molecule has 21 heavy (non-hydrogen) atoms. The van der Waals surface area contributed by atoms with Gasteiger partial charge in [0.15, 0.2) is 0 Å². The van der Waals surface area contributed by atoms with Gasteiger partial charge in [0.2, 0.25) is 0 Å². The predicted octanol–water partition coefficient (Wildman–Crippen LogP) is 7.10. The lowest BCUT2D eigenvalue weighted by Crippen LogP contribution is -1.77. The molecule has 0 heterocycles. The van der Waals surface area contributed by atoms with Gasteiger partial charge in [0, 0.05) is 6.42 Å². The van der Waals surface area contributed by atoms with Crippen LogP contribution in [0, 0.1) is 11.3 Å². The van der Waals surface area contributed by atoms with Crippen molar-refractivity contribution in [3.05, 3.63) is 24.3 Å². The monoisotopic (exact) mass is 289 g/mol. The fourth-order valence-corrected chi connectivity index (χ4v) is 2.33. The first-order valence-electron chi connectivity index (χ1n) is 9.08. The van der Waals surface area contributed by atoms with E-state index in [2.05, 4.69) is 37.3 Å². The number of rotatable bonds is 15. The summed E-state index contributed by atoms with van der Waals surface area (Å²) >= 11 is 0. The summed E-state index contributed by atoms with van der Waals surface area (Å²) in [5, 5.41) is 8.42. The van der Waals surface area contributed by atoms with E-state index in [-0.39, 0.29) is 0 Å². The summed E-state index contributed by atoms with van der Waals surface area (Å²) in [6.07, 6.45) is 26.6. The first-order valence-corrected chi connectivity index (χ1v) is 9.08. The summed E-state index contributed by atoms with van der Waals surface area (Å²) in [6.45, 7) is 2.27. The Morgan fingerprint density at radius 2 is 1.10 bits per heavy atom. The molecule has 0 aromatic heterocycles. The average Bonchev–Trinajstić information content (AvgIpc) is 2.50. The Hall–Kier alpha value is -1.03. The third-order valence-corrected chi connectivity index (χ3v) is 3.71. The van der Waals surface area contributed by atoms with Crippen molar-refractivity contribution in [1.29, 1.82) is 5.26 Å². The molecular weight excluding hydrogens is 254 g/mol. The summed E-state index contributed by atoms with van der Waals surface area (Å²) in [5.41, 5.74) is 0. The Labute approximate surface area is 133 Å². The SMILES string of the molecule is CCCCCCCC/C=C/CCC/C=C/CCCCC#N. The van der Waals surface area contributed by atoms with Gasteiger partial charge in [-0.2, -0.15) is 5.26 Å². The van der Waals surface area contributed by atoms with Crippen LogP contribution in [-0.4, -0.2) is 0 Å². The molecule has 0 unspecified atom stereocenters. The van der Waals surface area contributed by atoms with Crippen LogP contribution in [-0.2, 0) is 0 Å². The minimum absolute atomic E-state index is 0.706. The van der Waals surface area contributed by atoms with Crippen LogP contribution in [0.25, 0.3) is 0 Å². The molecule has 0 aliphatic heterocycles. The Kier molecular flexibility index (Phi) is 18.0. The standard InChI is InChI=1S/C20H35N/c1-2-3-4-5-6-7-8-9-10-11-12-13-14-15-16-17-18-19-20-21/h9-10,14-15H,2-8,11-13,16-19H2,1H3/b10-9+,15-14+. The van der Waals surface area contributed by atoms with Crippen molar-refractivity contribution >= 4 is 0 Å². The smallest absolute Gasteiger partial charge is 0.0621 e. The van der Waals surface area contributed by atoms with Gasteiger partial charge in [0.25, 0.3) is 0 Å². The van der Waals surface area contributed by atoms with Crippen molar-refractivity contribution in [2.75, 3.05) is 0 Å². The highest BCUT2D eigenvalue weighted by atomic mass is 14.2. The molecule has 0 bridgehead atoms. The molecule has 0 radical (unpaired) electrons. The van der Waals surface area contributed by atoms with Crippen LogP contribution in [0.5, 0.6) is 0 Å². The number of allylic oxidation sites excluding steroid dienone is 4. The maximum atomic E-state index is 8.42. The molecule has 1 heteroatoms. The first-order chi connectivity index (χ1) is 10.4. The van der Waals surface area contributed by atoms with Crippen LogP contribution in [0.1, 0.15) is 96.8 Å². The van der Waals surface area contributed by atoms with E-state index < -0.39 is 0 Å². The van der Waals surface area contributed by atoms with Gasteiger partial charge in [0.1, 0.15) is 0 Å². The zero-order valence-corrected chi connectivity index (χ0v) is 14.2. The van der Waals surface area contributed by atoms with Crippen molar-refractivity contribution in [1.82, 2.24) is 0 Å². The topological polar surface area (TPSA) is 23.8 Å². The van der Waals surface area contributed by atoms with E-state index >= 15 is 0 Å². The molecule has 0 aromatic carbocycles. The Balaban J connectivity index is 3.14. The van der Waals surface area contributed by atoms with Gasteiger partial charge < -0.3 is 0 Å². The van der Waals surface area contributed by atoms with E-state index in [1.165, 1.54) is 64.2 Å². The summed E-state index contributed by atoms with van der Waals surface area (Å²) in [4.78, 5) is 0. The normalized spacial score (nSPS) is 11.4. The number of nitrogens with zero attached hydrogens (tertiary/aromatic N) is 1. The summed E-state index contributed by atoms with van der Waals surface area (Å²) in [6, 6.07) is 2.19. The van der Waals surface area contributed by atoms with Crippen LogP contribution >= 0.6 is 0 Å². The van der Waals surface area contributed by atoms with Gasteiger partial charge >= 0.3 is 0 Å². The lowest BCUT2D eigenvalue weighted by atomic mass is 10.1.